The lowest BCUT2D eigenvalue weighted by Crippen LogP contribution is -2.17. The lowest BCUT2D eigenvalue weighted by Gasteiger charge is -2.19. The Morgan fingerprint density at radius 1 is 1.41 bits per heavy atom. The molecule has 0 aliphatic heterocycles. The van der Waals surface area contributed by atoms with Gasteiger partial charge in [-0.2, -0.15) is 0 Å². The predicted molar refractivity (Wildman–Crippen MR) is 65.1 cm³/mol. The number of phenols is 1. The Bertz CT molecular complexity index is 398. The van der Waals surface area contributed by atoms with Gasteiger partial charge in [-0.1, -0.05) is 11.6 Å². The molecule has 0 heterocycles. The van der Waals surface area contributed by atoms with Gasteiger partial charge in [0.2, 0.25) is 0 Å². The number of phenolic OH excluding ortho intramolecular Hbond substituents is 1. The summed E-state index contributed by atoms with van der Waals surface area (Å²) in [5.41, 5.74) is 0.214. The Balaban J connectivity index is 3.37. The Labute approximate surface area is 105 Å². The number of nitrogens with one attached hydrogen (secondary N) is 1. The third-order valence-corrected chi connectivity index (χ3v) is 2.65. The number of aliphatic hydroxyl groups is 1. The van der Waals surface area contributed by atoms with Crippen molar-refractivity contribution in [3.8, 4) is 17.2 Å². The van der Waals surface area contributed by atoms with E-state index in [-0.39, 0.29) is 28.6 Å². The zero-order valence-corrected chi connectivity index (χ0v) is 10.7. The fourth-order valence-corrected chi connectivity index (χ4v) is 1.79. The second-order valence-electron chi connectivity index (χ2n) is 3.43. The summed E-state index contributed by atoms with van der Waals surface area (Å²) in [7, 11) is 4.58. The van der Waals surface area contributed by atoms with Gasteiger partial charge in [-0.15, -0.1) is 0 Å². The van der Waals surface area contributed by atoms with Gasteiger partial charge in [-0.3, -0.25) is 0 Å². The Hall–Kier alpha value is -1.17. The minimum atomic E-state index is -0.942. The first kappa shape index (κ1) is 13.9. The van der Waals surface area contributed by atoms with E-state index in [9.17, 15) is 10.2 Å². The van der Waals surface area contributed by atoms with E-state index >= 15 is 0 Å². The molecule has 3 N–H and O–H groups in total. The quantitative estimate of drug-likeness (QED) is 0.746. The molecule has 0 aliphatic rings. The van der Waals surface area contributed by atoms with Gasteiger partial charge in [0.25, 0.3) is 0 Å². The average Bonchev–Trinajstić information content (AvgIpc) is 2.31. The van der Waals surface area contributed by atoms with Crippen molar-refractivity contribution >= 4 is 11.6 Å². The van der Waals surface area contributed by atoms with Crippen molar-refractivity contribution < 1.29 is 19.7 Å². The number of ether oxygens (including phenoxy) is 2. The molecule has 96 valence electrons. The fraction of sp³-hybridized carbons (Fsp3) is 0.455. The molecule has 0 saturated heterocycles. The molecule has 1 rings (SSSR count). The highest BCUT2D eigenvalue weighted by molar-refractivity contribution is 6.32. The first-order chi connectivity index (χ1) is 8.06. The highest BCUT2D eigenvalue weighted by atomic mass is 35.5. The fourth-order valence-electron chi connectivity index (χ4n) is 1.58. The molecule has 0 aliphatic carbocycles. The number of hydrogen-bond acceptors (Lipinski definition) is 5. The molecule has 0 aromatic heterocycles. The van der Waals surface area contributed by atoms with E-state index in [2.05, 4.69) is 5.32 Å². The van der Waals surface area contributed by atoms with Crippen LogP contribution in [0.25, 0.3) is 0 Å². The number of benzene rings is 1. The van der Waals surface area contributed by atoms with Crippen LogP contribution >= 0.6 is 11.6 Å². The smallest absolute Gasteiger partial charge is 0.170 e. The van der Waals surface area contributed by atoms with E-state index in [1.165, 1.54) is 20.3 Å². The summed E-state index contributed by atoms with van der Waals surface area (Å²) in [6, 6.07) is 1.44. The van der Waals surface area contributed by atoms with Crippen molar-refractivity contribution in [2.45, 2.75) is 6.10 Å². The van der Waals surface area contributed by atoms with Gasteiger partial charge in [0.05, 0.1) is 30.9 Å². The number of hydrogen-bond donors (Lipinski definition) is 3. The molecular weight excluding hydrogens is 246 g/mol. The van der Waals surface area contributed by atoms with E-state index in [0.717, 1.165) is 0 Å². The van der Waals surface area contributed by atoms with Gasteiger partial charge in [-0.25, -0.2) is 0 Å². The highest BCUT2D eigenvalue weighted by Gasteiger charge is 2.23. The maximum Gasteiger partial charge on any atom is 0.170 e. The molecular formula is C11H16ClNO4. The molecule has 0 spiro atoms. The van der Waals surface area contributed by atoms with Crippen LogP contribution in [0.3, 0.4) is 0 Å². The van der Waals surface area contributed by atoms with Crippen molar-refractivity contribution in [3.63, 3.8) is 0 Å². The largest absolute Gasteiger partial charge is 0.506 e. The number of rotatable bonds is 5. The van der Waals surface area contributed by atoms with Crippen LogP contribution in [0.15, 0.2) is 6.07 Å². The molecule has 0 radical (unpaired) electrons. The maximum atomic E-state index is 9.94. The molecule has 1 aromatic rings. The van der Waals surface area contributed by atoms with Crippen LogP contribution in [-0.4, -0.2) is 38.0 Å². The summed E-state index contributed by atoms with van der Waals surface area (Å²) in [6.07, 6.45) is -0.942. The van der Waals surface area contributed by atoms with Crippen molar-refractivity contribution in [2.75, 3.05) is 27.8 Å². The SMILES string of the molecule is CNCC(O)c1c(O)c(Cl)cc(OC)c1OC. The van der Waals surface area contributed by atoms with Gasteiger partial charge >= 0.3 is 0 Å². The number of aliphatic hydroxyl groups excluding tert-OH is 1. The normalized spacial score (nSPS) is 12.3. The number of methoxy groups -OCH3 is 2. The molecule has 6 heteroatoms. The molecule has 0 bridgehead atoms. The van der Waals surface area contributed by atoms with Crippen molar-refractivity contribution in [2.24, 2.45) is 0 Å². The van der Waals surface area contributed by atoms with Crippen LogP contribution in [0.2, 0.25) is 5.02 Å². The maximum absolute atomic E-state index is 9.94. The van der Waals surface area contributed by atoms with Gasteiger partial charge in [0.15, 0.2) is 11.5 Å². The van der Waals surface area contributed by atoms with Gasteiger partial charge < -0.3 is 25.0 Å². The zero-order chi connectivity index (χ0) is 13.0. The summed E-state index contributed by atoms with van der Waals surface area (Å²) >= 11 is 5.85. The highest BCUT2D eigenvalue weighted by Crippen LogP contribution is 2.44. The van der Waals surface area contributed by atoms with E-state index in [0.29, 0.717) is 5.75 Å². The summed E-state index contributed by atoms with van der Waals surface area (Å²) < 4.78 is 10.2. The van der Waals surface area contributed by atoms with Crippen LogP contribution < -0.4 is 14.8 Å². The zero-order valence-electron chi connectivity index (χ0n) is 9.95. The number of aromatic hydroxyl groups is 1. The topological polar surface area (TPSA) is 71.0 Å². The first-order valence-corrected chi connectivity index (χ1v) is 5.40. The van der Waals surface area contributed by atoms with Crippen LogP contribution in [0.5, 0.6) is 17.2 Å². The van der Waals surface area contributed by atoms with Crippen molar-refractivity contribution in [1.82, 2.24) is 5.32 Å². The van der Waals surface area contributed by atoms with Crippen LogP contribution in [0, 0.1) is 0 Å². The molecule has 0 fully saturated rings. The molecule has 0 amide bonds. The van der Waals surface area contributed by atoms with E-state index in [4.69, 9.17) is 21.1 Å². The van der Waals surface area contributed by atoms with Gasteiger partial charge in [0, 0.05) is 12.6 Å². The lowest BCUT2D eigenvalue weighted by atomic mass is 10.1. The van der Waals surface area contributed by atoms with Crippen LogP contribution in [-0.2, 0) is 0 Å². The van der Waals surface area contributed by atoms with Gasteiger partial charge in [0.1, 0.15) is 5.75 Å². The molecule has 1 unspecified atom stereocenters. The van der Waals surface area contributed by atoms with Crippen molar-refractivity contribution in [3.05, 3.63) is 16.7 Å². The molecule has 1 aromatic carbocycles. The summed E-state index contributed by atoms with van der Waals surface area (Å²) in [4.78, 5) is 0. The molecule has 17 heavy (non-hydrogen) atoms. The minimum Gasteiger partial charge on any atom is -0.506 e. The van der Waals surface area contributed by atoms with Crippen molar-refractivity contribution in [1.29, 1.82) is 0 Å². The Morgan fingerprint density at radius 3 is 2.53 bits per heavy atom. The molecule has 5 nitrogen and oxygen atoms in total. The summed E-state index contributed by atoms with van der Waals surface area (Å²) in [5, 5.41) is 22.7. The second kappa shape index (κ2) is 5.95. The van der Waals surface area contributed by atoms with E-state index in [1.54, 1.807) is 7.05 Å². The van der Waals surface area contributed by atoms with Crippen LogP contribution in [0.1, 0.15) is 11.7 Å². The third kappa shape index (κ3) is 2.74. The predicted octanol–water partition coefficient (Wildman–Crippen LogP) is 1.32. The van der Waals surface area contributed by atoms with E-state index in [1.807, 2.05) is 0 Å². The molecule has 0 saturated carbocycles. The summed E-state index contributed by atoms with van der Waals surface area (Å²) in [6.45, 7) is 0.257. The monoisotopic (exact) mass is 261 g/mol. The standard InChI is InChI=1S/C11H16ClNO4/c1-13-5-7(14)9-10(15)6(12)4-8(16-2)11(9)17-3/h4,7,13-15H,5H2,1-3H3. The number of halogens is 1. The number of likely N-dealkylation sites (N-methyl/N-ethyl adjacent to an activating group) is 1. The Morgan fingerprint density at radius 2 is 2.06 bits per heavy atom. The first-order valence-electron chi connectivity index (χ1n) is 5.02. The molecule has 1 atom stereocenters. The minimum absolute atomic E-state index is 0.104. The van der Waals surface area contributed by atoms with Crippen LogP contribution in [0.4, 0.5) is 0 Å². The lowest BCUT2D eigenvalue weighted by molar-refractivity contribution is 0.168. The average molecular weight is 262 g/mol. The summed E-state index contributed by atoms with van der Waals surface area (Å²) in [5.74, 6) is 0.435. The van der Waals surface area contributed by atoms with Gasteiger partial charge in [-0.05, 0) is 7.05 Å². The third-order valence-electron chi connectivity index (χ3n) is 2.36. The van der Waals surface area contributed by atoms with E-state index < -0.39 is 6.10 Å². The Kier molecular flexibility index (Phi) is 4.86. The second-order valence-corrected chi connectivity index (χ2v) is 3.84.